The molecule has 0 aromatic heterocycles. The van der Waals surface area contributed by atoms with Crippen LogP contribution in [-0.4, -0.2) is 11.1 Å². The molecule has 1 saturated carbocycles. The molecule has 1 aliphatic rings. The molecule has 104 valence electrons. The highest BCUT2D eigenvalue weighted by Gasteiger charge is 2.30. The largest absolute Gasteiger partial charge is 0.508 e. The zero-order valence-corrected chi connectivity index (χ0v) is 12.1. The van der Waals surface area contributed by atoms with Gasteiger partial charge in [-0.15, -0.1) is 0 Å². The maximum atomic E-state index is 9.73. The quantitative estimate of drug-likeness (QED) is 0.865. The van der Waals surface area contributed by atoms with Gasteiger partial charge in [0.15, 0.2) is 0 Å². The molecule has 3 rings (SSSR count). The molecule has 0 spiro atoms. The lowest BCUT2D eigenvalue weighted by Gasteiger charge is -2.37. The van der Waals surface area contributed by atoms with Crippen molar-refractivity contribution < 1.29 is 5.11 Å². The number of phenolic OH excluding ortho intramolecular Hbond substituents is 1. The SMILES string of the molecule is Cc1ccc(NC2CC(c3ccccc3C)C2)cc1O. The van der Waals surface area contributed by atoms with Crippen LogP contribution in [0.3, 0.4) is 0 Å². The van der Waals surface area contributed by atoms with E-state index in [9.17, 15) is 5.11 Å². The summed E-state index contributed by atoms with van der Waals surface area (Å²) in [6.07, 6.45) is 2.33. The van der Waals surface area contributed by atoms with Gasteiger partial charge in [0.05, 0.1) is 0 Å². The van der Waals surface area contributed by atoms with Crippen LogP contribution in [0, 0.1) is 13.8 Å². The monoisotopic (exact) mass is 267 g/mol. The fourth-order valence-electron chi connectivity index (χ4n) is 2.97. The van der Waals surface area contributed by atoms with Crippen LogP contribution < -0.4 is 5.32 Å². The lowest BCUT2D eigenvalue weighted by molar-refractivity contribution is 0.373. The van der Waals surface area contributed by atoms with Crippen molar-refractivity contribution in [1.29, 1.82) is 0 Å². The Hall–Kier alpha value is -1.96. The Morgan fingerprint density at radius 1 is 1.00 bits per heavy atom. The zero-order chi connectivity index (χ0) is 14.1. The highest BCUT2D eigenvalue weighted by molar-refractivity contribution is 5.52. The fraction of sp³-hybridized carbons (Fsp3) is 0.333. The number of benzene rings is 2. The van der Waals surface area contributed by atoms with Crippen molar-refractivity contribution >= 4 is 5.69 Å². The van der Waals surface area contributed by atoms with Gasteiger partial charge in [0.2, 0.25) is 0 Å². The van der Waals surface area contributed by atoms with E-state index in [1.165, 1.54) is 24.0 Å². The third kappa shape index (κ3) is 2.51. The molecule has 0 saturated heterocycles. The Morgan fingerprint density at radius 3 is 2.45 bits per heavy atom. The summed E-state index contributed by atoms with van der Waals surface area (Å²) in [5.74, 6) is 1.04. The van der Waals surface area contributed by atoms with E-state index >= 15 is 0 Å². The molecule has 0 heterocycles. The first kappa shape index (κ1) is 13.0. The molecule has 2 N–H and O–H groups in total. The van der Waals surface area contributed by atoms with Crippen molar-refractivity contribution in [3.8, 4) is 5.75 Å². The summed E-state index contributed by atoms with van der Waals surface area (Å²) in [4.78, 5) is 0. The summed E-state index contributed by atoms with van der Waals surface area (Å²) in [6, 6.07) is 15.0. The van der Waals surface area contributed by atoms with Crippen LogP contribution in [0.25, 0.3) is 0 Å². The zero-order valence-electron chi connectivity index (χ0n) is 12.1. The molecular weight excluding hydrogens is 246 g/mol. The van der Waals surface area contributed by atoms with Gasteiger partial charge in [-0.25, -0.2) is 0 Å². The predicted molar refractivity (Wildman–Crippen MR) is 83.4 cm³/mol. The highest BCUT2D eigenvalue weighted by atomic mass is 16.3. The third-order valence-corrected chi connectivity index (χ3v) is 4.35. The van der Waals surface area contributed by atoms with Crippen LogP contribution in [0.4, 0.5) is 5.69 Å². The summed E-state index contributed by atoms with van der Waals surface area (Å²) < 4.78 is 0. The van der Waals surface area contributed by atoms with Crippen LogP contribution in [0.2, 0.25) is 0 Å². The van der Waals surface area contributed by atoms with Crippen LogP contribution in [-0.2, 0) is 0 Å². The van der Waals surface area contributed by atoms with E-state index in [4.69, 9.17) is 0 Å². The van der Waals surface area contributed by atoms with Gasteiger partial charge in [-0.1, -0.05) is 30.3 Å². The number of nitrogens with one attached hydrogen (secondary N) is 1. The van der Waals surface area contributed by atoms with Crippen molar-refractivity contribution in [1.82, 2.24) is 0 Å². The van der Waals surface area contributed by atoms with Crippen molar-refractivity contribution in [2.75, 3.05) is 5.32 Å². The first-order valence-electron chi connectivity index (χ1n) is 7.25. The standard InChI is InChI=1S/C18H21NO/c1-12-5-3-4-6-17(12)14-9-16(10-14)19-15-8-7-13(2)18(20)11-15/h3-8,11,14,16,19-20H,9-10H2,1-2H3. The minimum absolute atomic E-state index is 0.366. The van der Waals surface area contributed by atoms with Gasteiger partial charge in [-0.2, -0.15) is 0 Å². The van der Waals surface area contributed by atoms with E-state index < -0.39 is 0 Å². The maximum absolute atomic E-state index is 9.73. The van der Waals surface area contributed by atoms with E-state index in [2.05, 4.69) is 36.5 Å². The van der Waals surface area contributed by atoms with Crippen LogP contribution in [0.5, 0.6) is 5.75 Å². The Kier molecular flexibility index (Phi) is 3.39. The molecule has 20 heavy (non-hydrogen) atoms. The van der Waals surface area contributed by atoms with Crippen LogP contribution in [0.15, 0.2) is 42.5 Å². The topological polar surface area (TPSA) is 32.3 Å². The summed E-state index contributed by atoms with van der Waals surface area (Å²) in [5.41, 5.74) is 4.81. The molecule has 0 unspecified atom stereocenters. The Morgan fingerprint density at radius 2 is 1.75 bits per heavy atom. The van der Waals surface area contributed by atoms with Gasteiger partial charge in [0.25, 0.3) is 0 Å². The lowest BCUT2D eigenvalue weighted by atomic mass is 9.74. The summed E-state index contributed by atoms with van der Waals surface area (Å²) in [5, 5.41) is 13.2. The number of aromatic hydroxyl groups is 1. The molecule has 2 heteroatoms. The van der Waals surface area contributed by atoms with Gasteiger partial charge in [-0.05, 0) is 55.4 Å². The maximum Gasteiger partial charge on any atom is 0.120 e. The molecule has 0 bridgehead atoms. The minimum Gasteiger partial charge on any atom is -0.508 e. The van der Waals surface area contributed by atoms with E-state index in [1.807, 2.05) is 25.1 Å². The Balaban J connectivity index is 1.61. The Labute approximate surface area is 120 Å². The Bertz CT molecular complexity index is 615. The lowest BCUT2D eigenvalue weighted by Crippen LogP contribution is -2.34. The molecule has 0 atom stereocenters. The molecule has 2 aromatic carbocycles. The number of phenols is 1. The minimum atomic E-state index is 0.366. The molecular formula is C18H21NO. The van der Waals surface area contributed by atoms with Gasteiger partial charge >= 0.3 is 0 Å². The normalized spacial score (nSPS) is 21.3. The number of anilines is 1. The first-order valence-corrected chi connectivity index (χ1v) is 7.25. The van der Waals surface area contributed by atoms with E-state index in [0.29, 0.717) is 17.7 Å². The molecule has 2 aromatic rings. The second kappa shape index (κ2) is 5.20. The summed E-state index contributed by atoms with van der Waals surface area (Å²) >= 11 is 0. The van der Waals surface area contributed by atoms with Crippen molar-refractivity contribution in [3.63, 3.8) is 0 Å². The second-order valence-electron chi connectivity index (χ2n) is 5.87. The molecule has 0 amide bonds. The van der Waals surface area contributed by atoms with E-state index in [-0.39, 0.29) is 0 Å². The van der Waals surface area contributed by atoms with E-state index in [0.717, 1.165) is 11.3 Å². The number of hydrogen-bond acceptors (Lipinski definition) is 2. The van der Waals surface area contributed by atoms with Crippen LogP contribution in [0.1, 0.15) is 35.4 Å². The average Bonchev–Trinajstić information content (AvgIpc) is 2.39. The summed E-state index contributed by atoms with van der Waals surface area (Å²) in [7, 11) is 0. The van der Waals surface area contributed by atoms with Crippen molar-refractivity contribution in [3.05, 3.63) is 59.2 Å². The summed E-state index contributed by atoms with van der Waals surface area (Å²) in [6.45, 7) is 4.10. The molecule has 0 radical (unpaired) electrons. The third-order valence-electron chi connectivity index (χ3n) is 4.35. The number of rotatable bonds is 3. The molecule has 1 aliphatic carbocycles. The smallest absolute Gasteiger partial charge is 0.120 e. The molecule has 2 nitrogen and oxygen atoms in total. The van der Waals surface area contributed by atoms with E-state index in [1.54, 1.807) is 0 Å². The average molecular weight is 267 g/mol. The van der Waals surface area contributed by atoms with Crippen molar-refractivity contribution in [2.45, 2.75) is 38.6 Å². The first-order chi connectivity index (χ1) is 9.63. The molecule has 1 fully saturated rings. The molecule has 0 aliphatic heterocycles. The van der Waals surface area contributed by atoms with Gasteiger partial charge in [-0.3, -0.25) is 0 Å². The van der Waals surface area contributed by atoms with Crippen LogP contribution >= 0.6 is 0 Å². The fourth-order valence-corrected chi connectivity index (χ4v) is 2.97. The second-order valence-corrected chi connectivity index (χ2v) is 5.87. The number of aryl methyl sites for hydroxylation is 2. The predicted octanol–water partition coefficient (Wildman–Crippen LogP) is 4.37. The van der Waals surface area contributed by atoms with Gasteiger partial charge in [0.1, 0.15) is 5.75 Å². The van der Waals surface area contributed by atoms with Crippen molar-refractivity contribution in [2.24, 2.45) is 0 Å². The highest BCUT2D eigenvalue weighted by Crippen LogP contribution is 2.40. The van der Waals surface area contributed by atoms with Gasteiger partial charge < -0.3 is 10.4 Å². The van der Waals surface area contributed by atoms with Gasteiger partial charge in [0, 0.05) is 17.8 Å². The number of hydrogen-bond donors (Lipinski definition) is 2.